The summed E-state index contributed by atoms with van der Waals surface area (Å²) in [6.07, 6.45) is 6.75. The molecule has 1 aliphatic carbocycles. The fourth-order valence-corrected chi connectivity index (χ4v) is 9.68. The van der Waals surface area contributed by atoms with E-state index in [2.05, 4.69) is 127 Å². The van der Waals surface area contributed by atoms with E-state index in [1.807, 2.05) is 48.5 Å². The van der Waals surface area contributed by atoms with Crippen LogP contribution in [0.2, 0.25) is 0 Å². The van der Waals surface area contributed by atoms with Crippen LogP contribution in [0.4, 0.5) is 0 Å². The zero-order valence-corrected chi connectivity index (χ0v) is 32.3. The lowest BCUT2D eigenvalue weighted by Gasteiger charge is -2.20. The van der Waals surface area contributed by atoms with Gasteiger partial charge in [-0.3, -0.25) is 0 Å². The van der Waals surface area contributed by atoms with Crippen LogP contribution in [0.15, 0.2) is 179 Å². The van der Waals surface area contributed by atoms with E-state index in [9.17, 15) is 0 Å². The first kappa shape index (κ1) is 33.1. The van der Waals surface area contributed by atoms with Crippen molar-refractivity contribution in [3.8, 4) is 45.3 Å². The third-order valence-corrected chi connectivity index (χ3v) is 12.4. The number of benzene rings is 9. The number of nitrogens with zero attached hydrogens (tertiary/aromatic N) is 3. The Hall–Kier alpha value is -7.89. The zero-order chi connectivity index (χ0) is 39.3. The molecule has 3 aromatic heterocycles. The Morgan fingerprint density at radius 2 is 1.10 bits per heavy atom. The van der Waals surface area contributed by atoms with Gasteiger partial charge in [0.15, 0.2) is 17.5 Å². The standard InChI is InChI=1S/C55H33N3O2/c1-2-14-33(15-3-1)53-56-54(58-55(57-53)45-25-11-23-42-43-29-27-32-13-4-5-16-36(32)51(43)60-52(42)45)44-24-12-26-48-50(44)46-31-34(28-30-47(46)59-48)35-21-10-22-41-39-18-7-6-17-37(39)38-19-8-9-20-40(38)49(35)41/h1-5,7-16,18-31H,6,17H2. The molecule has 0 saturated heterocycles. The van der Waals surface area contributed by atoms with Gasteiger partial charge in [-0.15, -0.1) is 0 Å². The molecule has 0 radical (unpaired) electrons. The topological polar surface area (TPSA) is 65.0 Å². The van der Waals surface area contributed by atoms with Gasteiger partial charge in [-0.2, -0.15) is 0 Å². The SMILES string of the molecule is C1=Cc2c(c3ccccc3c3c(-c4ccc5oc6cccc(-c7nc(-c8ccccc8)nc(-c8cccc9c8oc8c%10ccccc%10ccc98)n7)c6c5c4)cccc23)CC1. The van der Waals surface area contributed by atoms with Crippen molar-refractivity contribution in [3.63, 3.8) is 0 Å². The Morgan fingerprint density at radius 1 is 0.400 bits per heavy atom. The van der Waals surface area contributed by atoms with Crippen molar-refractivity contribution in [2.45, 2.75) is 12.8 Å². The maximum Gasteiger partial charge on any atom is 0.167 e. The number of aryl methyl sites for hydroxylation is 1. The molecular formula is C55H33N3O2. The van der Waals surface area contributed by atoms with Crippen molar-refractivity contribution in [3.05, 3.63) is 181 Å². The van der Waals surface area contributed by atoms with E-state index in [0.29, 0.717) is 17.5 Å². The maximum absolute atomic E-state index is 6.78. The molecule has 1 aliphatic rings. The number of rotatable bonds is 4. The largest absolute Gasteiger partial charge is 0.456 e. The Balaban J connectivity index is 1.05. The second-order valence-electron chi connectivity index (χ2n) is 15.7. The van der Waals surface area contributed by atoms with Crippen LogP contribution < -0.4 is 0 Å². The molecule has 280 valence electrons. The third-order valence-electron chi connectivity index (χ3n) is 12.4. The fraction of sp³-hybridized carbons (Fsp3) is 0.0364. The van der Waals surface area contributed by atoms with Gasteiger partial charge < -0.3 is 8.83 Å². The second kappa shape index (κ2) is 12.8. The lowest BCUT2D eigenvalue weighted by Crippen LogP contribution is -2.00. The van der Waals surface area contributed by atoms with Gasteiger partial charge in [0.1, 0.15) is 22.3 Å². The van der Waals surface area contributed by atoms with Gasteiger partial charge in [-0.1, -0.05) is 146 Å². The molecular weight excluding hydrogens is 735 g/mol. The quantitative estimate of drug-likeness (QED) is 0.167. The summed E-state index contributed by atoms with van der Waals surface area (Å²) in [4.78, 5) is 15.6. The first-order valence-electron chi connectivity index (χ1n) is 20.5. The molecule has 12 aromatic rings. The summed E-state index contributed by atoms with van der Waals surface area (Å²) < 4.78 is 13.4. The zero-order valence-electron chi connectivity index (χ0n) is 32.3. The van der Waals surface area contributed by atoms with Crippen molar-refractivity contribution in [2.75, 3.05) is 0 Å². The number of hydrogen-bond acceptors (Lipinski definition) is 5. The van der Waals surface area contributed by atoms with Crippen LogP contribution in [0.1, 0.15) is 17.5 Å². The molecule has 0 bridgehead atoms. The van der Waals surface area contributed by atoms with Gasteiger partial charge in [-0.25, -0.2) is 15.0 Å². The Morgan fingerprint density at radius 3 is 2.00 bits per heavy atom. The summed E-state index contributed by atoms with van der Waals surface area (Å²) >= 11 is 0. The highest BCUT2D eigenvalue weighted by atomic mass is 16.3. The second-order valence-corrected chi connectivity index (χ2v) is 15.7. The molecule has 60 heavy (non-hydrogen) atoms. The summed E-state index contributed by atoms with van der Waals surface area (Å²) in [5, 5.41) is 11.4. The highest BCUT2D eigenvalue weighted by Crippen LogP contribution is 2.44. The molecule has 3 heterocycles. The molecule has 0 aliphatic heterocycles. The van der Waals surface area contributed by atoms with Crippen LogP contribution in [0.25, 0.3) is 128 Å². The predicted octanol–water partition coefficient (Wildman–Crippen LogP) is 14.8. The van der Waals surface area contributed by atoms with E-state index in [4.69, 9.17) is 23.8 Å². The number of para-hydroxylation sites is 1. The van der Waals surface area contributed by atoms with Crippen molar-refractivity contribution >= 4 is 82.3 Å². The van der Waals surface area contributed by atoms with Crippen LogP contribution in [-0.4, -0.2) is 15.0 Å². The summed E-state index contributed by atoms with van der Waals surface area (Å²) in [7, 11) is 0. The molecule has 9 aromatic carbocycles. The van der Waals surface area contributed by atoms with Crippen LogP contribution in [0, 0.1) is 0 Å². The summed E-state index contributed by atoms with van der Waals surface area (Å²) in [6, 6.07) is 57.3. The smallest absolute Gasteiger partial charge is 0.167 e. The molecule has 0 amide bonds. The molecule has 0 unspecified atom stereocenters. The predicted molar refractivity (Wildman–Crippen MR) is 246 cm³/mol. The number of fused-ring (bicyclic) bond motifs is 14. The Kier molecular flexibility index (Phi) is 7.07. The lowest BCUT2D eigenvalue weighted by atomic mass is 9.84. The van der Waals surface area contributed by atoms with E-state index < -0.39 is 0 Å². The molecule has 0 spiro atoms. The van der Waals surface area contributed by atoms with Crippen molar-refractivity contribution in [1.82, 2.24) is 15.0 Å². The molecule has 5 nitrogen and oxygen atoms in total. The number of hydrogen-bond donors (Lipinski definition) is 0. The fourth-order valence-electron chi connectivity index (χ4n) is 9.68. The minimum Gasteiger partial charge on any atom is -0.456 e. The van der Waals surface area contributed by atoms with Gasteiger partial charge in [-0.05, 0) is 92.4 Å². The van der Waals surface area contributed by atoms with Crippen molar-refractivity contribution < 1.29 is 8.83 Å². The summed E-state index contributed by atoms with van der Waals surface area (Å²) in [5.74, 6) is 1.68. The van der Waals surface area contributed by atoms with Crippen molar-refractivity contribution in [1.29, 1.82) is 0 Å². The van der Waals surface area contributed by atoms with Crippen LogP contribution in [0.5, 0.6) is 0 Å². The molecule has 5 heteroatoms. The molecule has 0 atom stereocenters. The average molecular weight is 768 g/mol. The Labute approximate surface area is 343 Å². The molecule has 0 N–H and O–H groups in total. The highest BCUT2D eigenvalue weighted by molar-refractivity contribution is 6.20. The van der Waals surface area contributed by atoms with E-state index in [-0.39, 0.29) is 0 Å². The normalized spacial score (nSPS) is 12.8. The van der Waals surface area contributed by atoms with Gasteiger partial charge >= 0.3 is 0 Å². The minimum absolute atomic E-state index is 0.540. The number of furan rings is 2. The highest BCUT2D eigenvalue weighted by Gasteiger charge is 2.22. The Bertz CT molecular complexity index is 3780. The number of aromatic nitrogens is 3. The minimum atomic E-state index is 0.540. The number of allylic oxidation sites excluding steroid dienone is 1. The van der Waals surface area contributed by atoms with Gasteiger partial charge in [0.05, 0.1) is 5.56 Å². The van der Waals surface area contributed by atoms with E-state index in [1.165, 1.54) is 38.2 Å². The molecule has 0 fully saturated rings. The summed E-state index contributed by atoms with van der Waals surface area (Å²) in [5.41, 5.74) is 10.9. The van der Waals surface area contributed by atoms with Crippen LogP contribution >= 0.6 is 0 Å². The van der Waals surface area contributed by atoms with Gasteiger partial charge in [0, 0.05) is 38.1 Å². The molecule has 13 rings (SSSR count). The molecule has 0 saturated carbocycles. The average Bonchev–Trinajstić information content (AvgIpc) is 3.90. The van der Waals surface area contributed by atoms with Crippen molar-refractivity contribution in [2.24, 2.45) is 0 Å². The third kappa shape index (κ3) is 4.90. The van der Waals surface area contributed by atoms with E-state index >= 15 is 0 Å². The first-order chi connectivity index (χ1) is 29.7. The van der Waals surface area contributed by atoms with Crippen LogP contribution in [0.3, 0.4) is 0 Å². The van der Waals surface area contributed by atoms with Gasteiger partial charge in [0.25, 0.3) is 0 Å². The lowest BCUT2D eigenvalue weighted by molar-refractivity contribution is 0.669. The maximum atomic E-state index is 6.78. The first-order valence-corrected chi connectivity index (χ1v) is 20.5. The van der Waals surface area contributed by atoms with Crippen LogP contribution in [-0.2, 0) is 6.42 Å². The monoisotopic (exact) mass is 767 g/mol. The van der Waals surface area contributed by atoms with E-state index in [0.717, 1.165) is 89.7 Å². The van der Waals surface area contributed by atoms with Gasteiger partial charge in [0.2, 0.25) is 0 Å². The summed E-state index contributed by atoms with van der Waals surface area (Å²) in [6.45, 7) is 0. The van der Waals surface area contributed by atoms with E-state index in [1.54, 1.807) is 0 Å².